The van der Waals surface area contributed by atoms with Gasteiger partial charge in [0.25, 0.3) is 0 Å². The number of aryl methyl sites for hydroxylation is 1. The van der Waals surface area contributed by atoms with E-state index in [4.69, 9.17) is 0 Å². The van der Waals surface area contributed by atoms with E-state index in [0.29, 0.717) is 5.92 Å². The smallest absolute Gasteiger partial charge is 0.0492 e. The van der Waals surface area contributed by atoms with Gasteiger partial charge in [0.05, 0.1) is 0 Å². The van der Waals surface area contributed by atoms with Crippen LogP contribution in [0.2, 0.25) is 0 Å². The maximum atomic E-state index is 4.45. The van der Waals surface area contributed by atoms with Gasteiger partial charge >= 0.3 is 0 Å². The van der Waals surface area contributed by atoms with E-state index in [1.54, 1.807) is 0 Å². The third-order valence-corrected chi connectivity index (χ3v) is 4.23. The second-order valence-electron chi connectivity index (χ2n) is 6.85. The number of aromatic nitrogens is 2. The molecule has 1 aromatic rings. The van der Waals surface area contributed by atoms with Gasteiger partial charge in [0, 0.05) is 29.9 Å². The minimum Gasteiger partial charge on any atom is -0.312 e. The van der Waals surface area contributed by atoms with Crippen LogP contribution < -0.4 is 5.32 Å². The summed E-state index contributed by atoms with van der Waals surface area (Å²) in [6.45, 7) is 11.0. The van der Waals surface area contributed by atoms with E-state index in [2.05, 4.69) is 48.9 Å². The van der Waals surface area contributed by atoms with E-state index in [1.807, 2.05) is 6.20 Å². The summed E-state index contributed by atoms with van der Waals surface area (Å²) in [7, 11) is 0. The van der Waals surface area contributed by atoms with Crippen molar-refractivity contribution < 1.29 is 0 Å². The molecule has 2 unspecified atom stereocenters. The van der Waals surface area contributed by atoms with Crippen LogP contribution in [-0.2, 0) is 6.54 Å². The van der Waals surface area contributed by atoms with Gasteiger partial charge in [-0.15, -0.1) is 0 Å². The molecule has 1 N–H and O–H groups in total. The fourth-order valence-corrected chi connectivity index (χ4v) is 3.20. The third kappa shape index (κ3) is 3.82. The van der Waals surface area contributed by atoms with Crippen LogP contribution in [0.1, 0.15) is 65.0 Å². The Morgan fingerprint density at radius 1 is 1.32 bits per heavy atom. The average Bonchev–Trinajstić information content (AvgIpc) is 2.84. The molecule has 3 heteroatoms. The number of rotatable bonds is 4. The van der Waals surface area contributed by atoms with Crippen molar-refractivity contribution in [3.63, 3.8) is 0 Å². The van der Waals surface area contributed by atoms with Gasteiger partial charge in [0.1, 0.15) is 0 Å². The van der Waals surface area contributed by atoms with E-state index in [9.17, 15) is 0 Å². The molecule has 1 saturated carbocycles. The molecular formula is C16H29N3. The maximum Gasteiger partial charge on any atom is 0.0492 e. The molecule has 0 amide bonds. The predicted octanol–water partition coefficient (Wildman–Crippen LogP) is 3.56. The maximum absolute atomic E-state index is 4.45. The predicted molar refractivity (Wildman–Crippen MR) is 80.4 cm³/mol. The van der Waals surface area contributed by atoms with Crippen LogP contribution in [0.15, 0.2) is 12.3 Å². The Kier molecular flexibility index (Phi) is 4.67. The Balaban J connectivity index is 2.07. The summed E-state index contributed by atoms with van der Waals surface area (Å²) in [5, 5.41) is 8.14. The second kappa shape index (κ2) is 6.08. The Labute approximate surface area is 117 Å². The Morgan fingerprint density at radius 2 is 2.05 bits per heavy atom. The summed E-state index contributed by atoms with van der Waals surface area (Å²) >= 11 is 0. The van der Waals surface area contributed by atoms with Gasteiger partial charge in [-0.25, -0.2) is 0 Å². The molecule has 2 rings (SSSR count). The van der Waals surface area contributed by atoms with Crippen LogP contribution >= 0.6 is 0 Å². The molecule has 1 aliphatic carbocycles. The van der Waals surface area contributed by atoms with Gasteiger partial charge in [-0.1, -0.05) is 12.8 Å². The van der Waals surface area contributed by atoms with Crippen LogP contribution in [-0.4, -0.2) is 21.9 Å². The Morgan fingerprint density at radius 3 is 2.74 bits per heavy atom. The number of hydrogen-bond acceptors (Lipinski definition) is 2. The van der Waals surface area contributed by atoms with Crippen molar-refractivity contribution >= 4 is 0 Å². The molecule has 1 aromatic heterocycles. The second-order valence-corrected chi connectivity index (χ2v) is 6.85. The molecule has 108 valence electrons. The van der Waals surface area contributed by atoms with Crippen molar-refractivity contribution in [2.24, 2.45) is 5.92 Å². The zero-order chi connectivity index (χ0) is 13.9. The molecule has 0 aliphatic heterocycles. The normalized spacial score (nSPS) is 24.6. The first-order valence-electron chi connectivity index (χ1n) is 7.78. The lowest BCUT2D eigenvalue weighted by Crippen LogP contribution is -2.41. The van der Waals surface area contributed by atoms with E-state index in [1.165, 1.54) is 31.4 Å². The number of hydrogen-bond donors (Lipinski definition) is 1. The first kappa shape index (κ1) is 14.6. The summed E-state index contributed by atoms with van der Waals surface area (Å²) < 4.78 is 2.18. The number of nitrogens with one attached hydrogen (secondary N) is 1. The van der Waals surface area contributed by atoms with Crippen molar-refractivity contribution in [2.45, 2.75) is 71.4 Å². The van der Waals surface area contributed by atoms with Gasteiger partial charge in [-0.3, -0.25) is 4.68 Å². The van der Waals surface area contributed by atoms with Crippen LogP contribution in [0.4, 0.5) is 0 Å². The zero-order valence-corrected chi connectivity index (χ0v) is 12.9. The van der Waals surface area contributed by atoms with Gasteiger partial charge < -0.3 is 5.32 Å². The quantitative estimate of drug-likeness (QED) is 0.900. The molecule has 19 heavy (non-hydrogen) atoms. The molecule has 0 spiro atoms. The third-order valence-electron chi connectivity index (χ3n) is 4.23. The van der Waals surface area contributed by atoms with Crippen molar-refractivity contribution in [3.05, 3.63) is 18.0 Å². The highest BCUT2D eigenvalue weighted by atomic mass is 15.3. The van der Waals surface area contributed by atoms with Crippen LogP contribution in [0.25, 0.3) is 0 Å². The Bertz CT molecular complexity index is 389. The van der Waals surface area contributed by atoms with Crippen LogP contribution in [0, 0.1) is 5.92 Å². The highest BCUT2D eigenvalue weighted by molar-refractivity contribution is 5.11. The summed E-state index contributed by atoms with van der Waals surface area (Å²) in [4.78, 5) is 0. The lowest BCUT2D eigenvalue weighted by Gasteiger charge is -2.34. The molecule has 0 aromatic carbocycles. The van der Waals surface area contributed by atoms with Gasteiger partial charge in [0.2, 0.25) is 0 Å². The zero-order valence-electron chi connectivity index (χ0n) is 12.9. The van der Waals surface area contributed by atoms with Crippen molar-refractivity contribution in [3.8, 4) is 0 Å². The highest BCUT2D eigenvalue weighted by Crippen LogP contribution is 2.37. The molecule has 2 atom stereocenters. The van der Waals surface area contributed by atoms with E-state index in [-0.39, 0.29) is 5.54 Å². The molecule has 0 bridgehead atoms. The number of nitrogens with zero attached hydrogens (tertiary/aromatic N) is 2. The van der Waals surface area contributed by atoms with Gasteiger partial charge in [0.15, 0.2) is 0 Å². The topological polar surface area (TPSA) is 29.9 Å². The van der Waals surface area contributed by atoms with Crippen molar-refractivity contribution in [2.75, 3.05) is 6.54 Å². The molecule has 1 fully saturated rings. The van der Waals surface area contributed by atoms with Crippen LogP contribution in [0.5, 0.6) is 0 Å². The Hall–Kier alpha value is -0.830. The molecular weight excluding hydrogens is 234 g/mol. The molecule has 0 saturated heterocycles. The first-order chi connectivity index (χ1) is 9.01. The molecule has 0 radical (unpaired) electrons. The van der Waals surface area contributed by atoms with Gasteiger partial charge in [-0.05, 0) is 59.1 Å². The van der Waals surface area contributed by atoms with E-state index < -0.39 is 0 Å². The van der Waals surface area contributed by atoms with Crippen molar-refractivity contribution in [1.82, 2.24) is 15.1 Å². The summed E-state index contributed by atoms with van der Waals surface area (Å²) in [6.07, 6.45) is 7.38. The van der Waals surface area contributed by atoms with E-state index >= 15 is 0 Å². The summed E-state index contributed by atoms with van der Waals surface area (Å²) in [6, 6.07) is 2.23. The van der Waals surface area contributed by atoms with Crippen molar-refractivity contribution in [1.29, 1.82) is 0 Å². The highest BCUT2D eigenvalue weighted by Gasteiger charge is 2.29. The van der Waals surface area contributed by atoms with E-state index in [0.717, 1.165) is 19.0 Å². The summed E-state index contributed by atoms with van der Waals surface area (Å²) in [5.74, 6) is 1.45. The lowest BCUT2D eigenvalue weighted by molar-refractivity contribution is 0.260. The largest absolute Gasteiger partial charge is 0.312 e. The molecule has 3 nitrogen and oxygen atoms in total. The minimum atomic E-state index is 0.215. The van der Waals surface area contributed by atoms with Crippen LogP contribution in [0.3, 0.4) is 0 Å². The monoisotopic (exact) mass is 263 g/mol. The minimum absolute atomic E-state index is 0.215. The standard InChI is InChI=1S/C16H29N3/c1-5-19-15(10-11-18-19)14-9-7-6-8-13(14)12-17-16(2,3)4/h10-11,13-14,17H,5-9,12H2,1-4H3. The SMILES string of the molecule is CCn1nccc1C1CCCCC1CNC(C)(C)C. The summed E-state index contributed by atoms with van der Waals surface area (Å²) in [5.41, 5.74) is 1.66. The fraction of sp³-hybridized carbons (Fsp3) is 0.812. The van der Waals surface area contributed by atoms with Gasteiger partial charge in [-0.2, -0.15) is 5.10 Å². The first-order valence-corrected chi connectivity index (χ1v) is 7.78. The average molecular weight is 263 g/mol. The fourth-order valence-electron chi connectivity index (χ4n) is 3.20. The lowest BCUT2D eigenvalue weighted by atomic mass is 9.77. The molecule has 1 aliphatic rings. The molecule has 1 heterocycles.